The van der Waals surface area contributed by atoms with Crippen LogP contribution in [0, 0.1) is 5.92 Å². The van der Waals surface area contributed by atoms with Gasteiger partial charge in [0, 0.05) is 13.2 Å². The Morgan fingerprint density at radius 3 is 2.84 bits per heavy atom. The molecule has 1 aromatic carbocycles. The molecule has 2 fully saturated rings. The van der Waals surface area contributed by atoms with Crippen LogP contribution in [-0.4, -0.2) is 38.9 Å². The molecule has 6 nitrogen and oxygen atoms in total. The Bertz CT molecular complexity index is 581. The van der Waals surface area contributed by atoms with E-state index in [4.69, 9.17) is 19.9 Å². The predicted molar refractivity (Wildman–Crippen MR) is 98.1 cm³/mol. The molecular formula is C19H29N3O3. The van der Waals surface area contributed by atoms with Gasteiger partial charge in [-0.3, -0.25) is 0 Å². The molecule has 0 spiro atoms. The molecule has 1 aromatic rings. The number of nitrogens with one attached hydrogen (secondary N) is 1. The average molecular weight is 347 g/mol. The van der Waals surface area contributed by atoms with Crippen molar-refractivity contribution in [2.45, 2.75) is 44.8 Å². The van der Waals surface area contributed by atoms with Gasteiger partial charge in [-0.2, -0.15) is 0 Å². The molecule has 1 saturated heterocycles. The van der Waals surface area contributed by atoms with Crippen molar-refractivity contribution in [3.63, 3.8) is 0 Å². The molecule has 1 aliphatic heterocycles. The SMILES string of the molecule is COc1cc(CN=C(N)NCC2CCC2)ccc1OC[C@H]1CCCO1. The smallest absolute Gasteiger partial charge is 0.188 e. The number of benzene rings is 1. The van der Waals surface area contributed by atoms with Crippen molar-refractivity contribution in [3.8, 4) is 11.5 Å². The number of nitrogens with zero attached hydrogens (tertiary/aromatic N) is 1. The minimum atomic E-state index is 0.190. The second-order valence-electron chi connectivity index (χ2n) is 6.81. The lowest BCUT2D eigenvalue weighted by molar-refractivity contribution is 0.0669. The van der Waals surface area contributed by atoms with Crippen LogP contribution in [0.15, 0.2) is 23.2 Å². The number of methoxy groups -OCH3 is 1. The number of hydrogen-bond donors (Lipinski definition) is 2. The summed E-state index contributed by atoms with van der Waals surface area (Å²) in [6.07, 6.45) is 6.29. The Kier molecular flexibility index (Phi) is 6.39. The summed E-state index contributed by atoms with van der Waals surface area (Å²) < 4.78 is 16.9. The van der Waals surface area contributed by atoms with E-state index >= 15 is 0 Å². The summed E-state index contributed by atoms with van der Waals surface area (Å²) in [6.45, 7) is 2.84. The fourth-order valence-electron chi connectivity index (χ4n) is 3.07. The Morgan fingerprint density at radius 1 is 1.28 bits per heavy atom. The summed E-state index contributed by atoms with van der Waals surface area (Å²) in [7, 11) is 1.65. The van der Waals surface area contributed by atoms with Gasteiger partial charge in [0.25, 0.3) is 0 Å². The van der Waals surface area contributed by atoms with E-state index in [9.17, 15) is 0 Å². The molecule has 138 valence electrons. The number of nitrogens with two attached hydrogens (primary N) is 1. The second-order valence-corrected chi connectivity index (χ2v) is 6.81. The predicted octanol–water partition coefficient (Wildman–Crippen LogP) is 2.46. The van der Waals surface area contributed by atoms with Crippen LogP contribution in [-0.2, 0) is 11.3 Å². The van der Waals surface area contributed by atoms with Gasteiger partial charge in [0.05, 0.1) is 19.8 Å². The number of guanidine groups is 1. The summed E-state index contributed by atoms with van der Waals surface area (Å²) in [4.78, 5) is 4.41. The van der Waals surface area contributed by atoms with Crippen molar-refractivity contribution in [3.05, 3.63) is 23.8 Å². The summed E-state index contributed by atoms with van der Waals surface area (Å²) in [6, 6.07) is 5.88. The first kappa shape index (κ1) is 17.9. The Hall–Kier alpha value is -1.95. The van der Waals surface area contributed by atoms with E-state index in [1.807, 2.05) is 18.2 Å². The number of hydrogen-bond acceptors (Lipinski definition) is 4. The molecule has 3 rings (SSSR count). The van der Waals surface area contributed by atoms with Gasteiger partial charge in [-0.1, -0.05) is 12.5 Å². The highest BCUT2D eigenvalue weighted by molar-refractivity contribution is 5.77. The van der Waals surface area contributed by atoms with Crippen molar-refractivity contribution in [1.29, 1.82) is 0 Å². The molecular weight excluding hydrogens is 318 g/mol. The minimum absolute atomic E-state index is 0.190. The molecule has 1 atom stereocenters. The van der Waals surface area contributed by atoms with Crippen LogP contribution in [0.4, 0.5) is 0 Å². The third-order valence-corrected chi connectivity index (χ3v) is 4.91. The van der Waals surface area contributed by atoms with Gasteiger partial charge in [-0.15, -0.1) is 0 Å². The number of rotatable bonds is 8. The molecule has 6 heteroatoms. The minimum Gasteiger partial charge on any atom is -0.493 e. The van der Waals surface area contributed by atoms with Gasteiger partial charge >= 0.3 is 0 Å². The average Bonchev–Trinajstić information content (AvgIpc) is 3.10. The van der Waals surface area contributed by atoms with Crippen LogP contribution in [0.1, 0.15) is 37.7 Å². The van der Waals surface area contributed by atoms with Crippen molar-refractivity contribution in [1.82, 2.24) is 5.32 Å². The molecule has 3 N–H and O–H groups in total. The first-order chi connectivity index (χ1) is 12.2. The fourth-order valence-corrected chi connectivity index (χ4v) is 3.07. The van der Waals surface area contributed by atoms with E-state index in [-0.39, 0.29) is 6.10 Å². The topological polar surface area (TPSA) is 78.1 Å². The van der Waals surface area contributed by atoms with E-state index in [0.29, 0.717) is 24.9 Å². The zero-order valence-corrected chi connectivity index (χ0v) is 15.0. The van der Waals surface area contributed by atoms with Crippen molar-refractivity contribution in [2.75, 3.05) is 26.9 Å². The van der Waals surface area contributed by atoms with Crippen LogP contribution in [0.5, 0.6) is 11.5 Å². The van der Waals surface area contributed by atoms with Gasteiger partial charge in [0.1, 0.15) is 6.61 Å². The van der Waals surface area contributed by atoms with Gasteiger partial charge in [0.15, 0.2) is 17.5 Å². The molecule has 25 heavy (non-hydrogen) atoms. The molecule has 0 aromatic heterocycles. The summed E-state index contributed by atoms with van der Waals surface area (Å²) in [5.41, 5.74) is 6.97. The van der Waals surface area contributed by atoms with E-state index in [1.54, 1.807) is 7.11 Å². The molecule has 0 bridgehead atoms. The van der Waals surface area contributed by atoms with Crippen LogP contribution in [0.2, 0.25) is 0 Å². The zero-order chi connectivity index (χ0) is 17.5. The van der Waals surface area contributed by atoms with Crippen LogP contribution in [0.3, 0.4) is 0 Å². The largest absolute Gasteiger partial charge is 0.493 e. The van der Waals surface area contributed by atoms with Gasteiger partial charge in [-0.05, 0) is 49.3 Å². The highest BCUT2D eigenvalue weighted by atomic mass is 16.5. The lowest BCUT2D eigenvalue weighted by Gasteiger charge is -2.25. The van der Waals surface area contributed by atoms with Gasteiger partial charge < -0.3 is 25.3 Å². The summed E-state index contributed by atoms with van der Waals surface area (Å²) in [5, 5.41) is 3.20. The molecule has 1 aliphatic carbocycles. The Labute approximate surface area is 149 Å². The summed E-state index contributed by atoms with van der Waals surface area (Å²) >= 11 is 0. The molecule has 2 aliphatic rings. The van der Waals surface area contributed by atoms with E-state index in [1.165, 1.54) is 19.3 Å². The van der Waals surface area contributed by atoms with Crippen LogP contribution in [0.25, 0.3) is 0 Å². The Morgan fingerprint density at radius 2 is 2.16 bits per heavy atom. The van der Waals surface area contributed by atoms with Crippen molar-refractivity contribution in [2.24, 2.45) is 16.6 Å². The zero-order valence-electron chi connectivity index (χ0n) is 15.0. The van der Waals surface area contributed by atoms with E-state index < -0.39 is 0 Å². The monoisotopic (exact) mass is 347 g/mol. The van der Waals surface area contributed by atoms with Crippen molar-refractivity contribution >= 4 is 5.96 Å². The number of ether oxygens (including phenoxy) is 3. The molecule has 0 radical (unpaired) electrons. The Balaban J connectivity index is 1.50. The molecule has 1 heterocycles. The molecule has 0 amide bonds. The maximum atomic E-state index is 5.94. The van der Waals surface area contributed by atoms with Crippen molar-refractivity contribution < 1.29 is 14.2 Å². The van der Waals surface area contributed by atoms with Gasteiger partial charge in [-0.25, -0.2) is 4.99 Å². The maximum Gasteiger partial charge on any atom is 0.188 e. The maximum absolute atomic E-state index is 5.94. The third-order valence-electron chi connectivity index (χ3n) is 4.91. The van der Waals surface area contributed by atoms with Crippen LogP contribution < -0.4 is 20.5 Å². The fraction of sp³-hybridized carbons (Fsp3) is 0.632. The van der Waals surface area contributed by atoms with E-state index in [0.717, 1.165) is 43.2 Å². The third kappa shape index (κ3) is 5.26. The lowest BCUT2D eigenvalue weighted by Crippen LogP contribution is -2.37. The summed E-state index contributed by atoms with van der Waals surface area (Å²) in [5.74, 6) is 2.72. The quantitative estimate of drug-likeness (QED) is 0.558. The standard InChI is InChI=1S/C19H29N3O3/c1-23-18-10-15(12-22-19(20)21-11-14-4-2-5-14)7-8-17(18)25-13-16-6-3-9-24-16/h7-8,10,14,16H,2-6,9,11-13H2,1H3,(H3,20,21,22)/t16-/m1/s1. The van der Waals surface area contributed by atoms with Crippen LogP contribution >= 0.6 is 0 Å². The first-order valence-corrected chi connectivity index (χ1v) is 9.19. The van der Waals surface area contributed by atoms with Gasteiger partial charge in [0.2, 0.25) is 0 Å². The lowest BCUT2D eigenvalue weighted by atomic mass is 9.85. The molecule has 0 unspecified atom stereocenters. The number of aliphatic imine (C=N–C) groups is 1. The highest BCUT2D eigenvalue weighted by Crippen LogP contribution is 2.29. The van der Waals surface area contributed by atoms with E-state index in [2.05, 4.69) is 10.3 Å². The molecule has 1 saturated carbocycles. The highest BCUT2D eigenvalue weighted by Gasteiger charge is 2.18. The normalized spacial score (nSPS) is 21.0. The second kappa shape index (κ2) is 8.94. The first-order valence-electron chi connectivity index (χ1n) is 9.19.